The molecule has 0 radical (unpaired) electrons. The Morgan fingerprint density at radius 3 is 2.59 bits per heavy atom. The van der Waals surface area contributed by atoms with Gasteiger partial charge in [0.05, 0.1) is 18.6 Å². The van der Waals surface area contributed by atoms with Gasteiger partial charge < -0.3 is 14.6 Å². The van der Waals surface area contributed by atoms with Gasteiger partial charge in [0, 0.05) is 24.5 Å². The molecule has 0 atom stereocenters. The number of benzene rings is 2. The molecule has 2 aromatic carbocycles. The number of nitrogens with zero attached hydrogens (tertiary/aromatic N) is 2. The molecule has 0 bridgehead atoms. The first-order valence-corrected chi connectivity index (χ1v) is 7.40. The predicted octanol–water partition coefficient (Wildman–Crippen LogP) is 4.23. The molecular weight excluding hydrogens is 274 g/mol. The van der Waals surface area contributed by atoms with Crippen LogP contribution < -0.4 is 9.64 Å². The Bertz CT molecular complexity index is 695. The lowest BCUT2D eigenvalue weighted by Crippen LogP contribution is -2.22. The maximum atomic E-state index is 5.90. The quantitative estimate of drug-likeness (QED) is 0.739. The van der Waals surface area contributed by atoms with Crippen molar-refractivity contribution in [2.45, 2.75) is 13.5 Å². The summed E-state index contributed by atoms with van der Waals surface area (Å²) in [5, 5.41) is 0. The van der Waals surface area contributed by atoms with Gasteiger partial charge in [0.1, 0.15) is 11.5 Å². The number of aromatic amines is 1. The van der Waals surface area contributed by atoms with Crippen LogP contribution in [0, 0.1) is 0 Å². The van der Waals surface area contributed by atoms with Crippen LogP contribution >= 0.6 is 0 Å². The highest BCUT2D eigenvalue weighted by Crippen LogP contribution is 2.26. The van der Waals surface area contributed by atoms with Crippen LogP contribution in [0.5, 0.6) is 11.5 Å². The fourth-order valence-electron chi connectivity index (χ4n) is 2.33. The molecule has 0 unspecified atom stereocenters. The van der Waals surface area contributed by atoms with Gasteiger partial charge in [0.15, 0.2) is 0 Å². The van der Waals surface area contributed by atoms with Crippen LogP contribution in [0.3, 0.4) is 0 Å². The van der Waals surface area contributed by atoms with E-state index in [2.05, 4.69) is 33.9 Å². The first-order chi connectivity index (χ1) is 10.8. The van der Waals surface area contributed by atoms with Gasteiger partial charge in [-0.1, -0.05) is 24.3 Å². The number of imidazole rings is 1. The molecule has 0 spiro atoms. The zero-order chi connectivity index (χ0) is 15.2. The molecule has 1 N–H and O–H groups in total. The van der Waals surface area contributed by atoms with Crippen molar-refractivity contribution in [2.24, 2.45) is 0 Å². The summed E-state index contributed by atoms with van der Waals surface area (Å²) < 4.78 is 5.90. The Morgan fingerprint density at radius 1 is 1.05 bits per heavy atom. The number of nitrogens with one attached hydrogen (secondary N) is 1. The monoisotopic (exact) mass is 293 g/mol. The van der Waals surface area contributed by atoms with Gasteiger partial charge in [-0.3, -0.25) is 0 Å². The van der Waals surface area contributed by atoms with Crippen molar-refractivity contribution in [2.75, 3.05) is 11.4 Å². The standard InChI is InChI=1S/C18H19N3O/c1-2-21(13-15-12-19-14-20-15)16-7-6-10-18(11-16)22-17-8-4-3-5-9-17/h3-12,14H,2,13H2,1H3,(H,19,20). The lowest BCUT2D eigenvalue weighted by molar-refractivity contribution is 0.482. The van der Waals surface area contributed by atoms with Crippen LogP contribution in [0.1, 0.15) is 12.6 Å². The number of H-pyrrole nitrogens is 1. The molecule has 3 aromatic rings. The average Bonchev–Trinajstić information content (AvgIpc) is 3.07. The highest BCUT2D eigenvalue weighted by molar-refractivity contribution is 5.51. The van der Waals surface area contributed by atoms with Gasteiger partial charge in [0.2, 0.25) is 0 Å². The van der Waals surface area contributed by atoms with Crippen molar-refractivity contribution < 1.29 is 4.74 Å². The van der Waals surface area contributed by atoms with Crippen molar-refractivity contribution in [1.29, 1.82) is 0 Å². The maximum absolute atomic E-state index is 5.90. The number of para-hydroxylation sites is 1. The van der Waals surface area contributed by atoms with Crippen LogP contribution in [-0.2, 0) is 6.54 Å². The van der Waals surface area contributed by atoms with Crippen molar-refractivity contribution >= 4 is 5.69 Å². The highest BCUT2D eigenvalue weighted by Gasteiger charge is 2.07. The van der Waals surface area contributed by atoms with E-state index in [1.165, 1.54) is 0 Å². The second-order valence-corrected chi connectivity index (χ2v) is 5.00. The Balaban J connectivity index is 1.77. The van der Waals surface area contributed by atoms with Gasteiger partial charge in [0.25, 0.3) is 0 Å². The maximum Gasteiger partial charge on any atom is 0.129 e. The topological polar surface area (TPSA) is 41.2 Å². The zero-order valence-corrected chi connectivity index (χ0v) is 12.6. The minimum atomic E-state index is 0.797. The number of rotatable bonds is 6. The number of anilines is 1. The van der Waals surface area contributed by atoms with E-state index in [1.54, 1.807) is 6.33 Å². The minimum absolute atomic E-state index is 0.797. The van der Waals surface area contributed by atoms with Gasteiger partial charge in [-0.2, -0.15) is 0 Å². The molecule has 22 heavy (non-hydrogen) atoms. The Morgan fingerprint density at radius 2 is 1.86 bits per heavy atom. The molecule has 0 aliphatic carbocycles. The first kappa shape index (κ1) is 14.2. The zero-order valence-electron chi connectivity index (χ0n) is 12.6. The van der Waals surface area contributed by atoms with Crippen molar-refractivity contribution in [3.05, 3.63) is 72.8 Å². The smallest absolute Gasteiger partial charge is 0.129 e. The van der Waals surface area contributed by atoms with Gasteiger partial charge in [-0.25, -0.2) is 4.98 Å². The lowest BCUT2D eigenvalue weighted by Gasteiger charge is -2.23. The summed E-state index contributed by atoms with van der Waals surface area (Å²) in [4.78, 5) is 9.48. The molecule has 0 saturated carbocycles. The van der Waals surface area contributed by atoms with Gasteiger partial charge in [-0.05, 0) is 31.2 Å². The second-order valence-electron chi connectivity index (χ2n) is 5.00. The fraction of sp³-hybridized carbons (Fsp3) is 0.167. The minimum Gasteiger partial charge on any atom is -0.457 e. The van der Waals surface area contributed by atoms with Crippen molar-refractivity contribution in [3.63, 3.8) is 0 Å². The molecule has 0 amide bonds. The summed E-state index contributed by atoms with van der Waals surface area (Å²) in [6.07, 6.45) is 3.56. The van der Waals surface area contributed by atoms with E-state index < -0.39 is 0 Å². The largest absolute Gasteiger partial charge is 0.457 e. The molecule has 1 aromatic heterocycles. The molecule has 0 saturated heterocycles. The summed E-state index contributed by atoms with van der Waals surface area (Å²) >= 11 is 0. The molecule has 4 nitrogen and oxygen atoms in total. The number of aromatic nitrogens is 2. The second kappa shape index (κ2) is 6.80. The third-order valence-corrected chi connectivity index (χ3v) is 3.46. The summed E-state index contributed by atoms with van der Waals surface area (Å²) in [5.41, 5.74) is 2.22. The van der Waals surface area contributed by atoms with Crippen LogP contribution in [-0.4, -0.2) is 16.5 Å². The molecule has 1 heterocycles. The molecule has 0 aliphatic heterocycles. The molecule has 3 rings (SSSR count). The van der Waals surface area contributed by atoms with E-state index >= 15 is 0 Å². The van der Waals surface area contributed by atoms with E-state index in [1.807, 2.05) is 48.7 Å². The molecule has 112 valence electrons. The normalized spacial score (nSPS) is 10.4. The van der Waals surface area contributed by atoms with Crippen LogP contribution in [0.15, 0.2) is 67.1 Å². The Kier molecular flexibility index (Phi) is 4.39. The van der Waals surface area contributed by atoms with E-state index in [9.17, 15) is 0 Å². The Hall–Kier alpha value is -2.75. The molecular formula is C18H19N3O. The number of ether oxygens (including phenoxy) is 1. The highest BCUT2D eigenvalue weighted by atomic mass is 16.5. The van der Waals surface area contributed by atoms with Crippen LogP contribution in [0.4, 0.5) is 5.69 Å². The fourth-order valence-corrected chi connectivity index (χ4v) is 2.33. The predicted molar refractivity (Wildman–Crippen MR) is 88.3 cm³/mol. The third-order valence-electron chi connectivity index (χ3n) is 3.46. The van der Waals surface area contributed by atoms with Gasteiger partial charge >= 0.3 is 0 Å². The summed E-state index contributed by atoms with van der Waals surface area (Å²) in [6, 6.07) is 18.0. The van der Waals surface area contributed by atoms with E-state index in [4.69, 9.17) is 4.74 Å². The molecule has 0 fully saturated rings. The number of hydrogen-bond donors (Lipinski definition) is 1. The van der Waals surface area contributed by atoms with Crippen LogP contribution in [0.2, 0.25) is 0 Å². The first-order valence-electron chi connectivity index (χ1n) is 7.40. The Labute approximate surface area is 130 Å². The van der Waals surface area contributed by atoms with E-state index in [-0.39, 0.29) is 0 Å². The van der Waals surface area contributed by atoms with E-state index in [0.717, 1.165) is 36.0 Å². The third kappa shape index (κ3) is 3.47. The van der Waals surface area contributed by atoms with Crippen LogP contribution in [0.25, 0.3) is 0 Å². The van der Waals surface area contributed by atoms with E-state index in [0.29, 0.717) is 0 Å². The van der Waals surface area contributed by atoms with Gasteiger partial charge in [-0.15, -0.1) is 0 Å². The summed E-state index contributed by atoms with van der Waals surface area (Å²) in [7, 11) is 0. The number of hydrogen-bond acceptors (Lipinski definition) is 3. The molecule has 0 aliphatic rings. The van der Waals surface area contributed by atoms with Crippen molar-refractivity contribution in [3.8, 4) is 11.5 Å². The summed E-state index contributed by atoms with van der Waals surface area (Å²) in [5.74, 6) is 1.68. The molecule has 4 heteroatoms. The SMILES string of the molecule is CCN(Cc1cnc[nH]1)c1cccc(Oc2ccccc2)c1. The summed E-state index contributed by atoms with van der Waals surface area (Å²) in [6.45, 7) is 3.85. The lowest BCUT2D eigenvalue weighted by atomic mass is 10.2. The average molecular weight is 293 g/mol. The van der Waals surface area contributed by atoms with Crippen molar-refractivity contribution in [1.82, 2.24) is 9.97 Å².